The molecule has 0 fully saturated rings. The number of ether oxygens (including phenoxy) is 1. The Morgan fingerprint density at radius 3 is 2.81 bits per heavy atom. The fourth-order valence-corrected chi connectivity index (χ4v) is 3.01. The van der Waals surface area contributed by atoms with Crippen LogP contribution in [0, 0.1) is 11.8 Å². The number of guanidine groups is 1. The number of nitrogens with zero attached hydrogens (tertiary/aromatic N) is 4. The van der Waals surface area contributed by atoms with Gasteiger partial charge in [-0.1, -0.05) is 24.0 Å². The van der Waals surface area contributed by atoms with Gasteiger partial charge in [0.1, 0.15) is 5.69 Å². The highest BCUT2D eigenvalue weighted by molar-refractivity contribution is 6.03. The minimum absolute atomic E-state index is 0.0689. The van der Waals surface area contributed by atoms with Crippen molar-refractivity contribution < 1.29 is 14.3 Å². The van der Waals surface area contributed by atoms with E-state index in [0.29, 0.717) is 12.2 Å². The molecule has 0 spiro atoms. The Bertz CT molecular complexity index is 1090. The van der Waals surface area contributed by atoms with Gasteiger partial charge in [0.15, 0.2) is 12.6 Å². The highest BCUT2D eigenvalue weighted by Gasteiger charge is 2.33. The molecule has 0 radical (unpaired) electrons. The molecule has 0 saturated heterocycles. The van der Waals surface area contributed by atoms with E-state index in [2.05, 4.69) is 37.4 Å². The third-order valence-electron chi connectivity index (χ3n) is 4.56. The normalized spacial score (nSPS) is 17.6. The molecule has 0 aliphatic carbocycles. The Kier molecular flexibility index (Phi) is 7.02. The maximum absolute atomic E-state index is 12.6. The number of carbonyl (C=O) groups excluding carboxylic acids is 2. The zero-order valence-corrected chi connectivity index (χ0v) is 18.2. The van der Waals surface area contributed by atoms with Crippen molar-refractivity contribution in [1.29, 1.82) is 0 Å². The molecule has 2 heterocycles. The van der Waals surface area contributed by atoms with Crippen LogP contribution in [0.1, 0.15) is 29.4 Å². The Morgan fingerprint density at radius 1 is 1.31 bits per heavy atom. The first-order valence-electron chi connectivity index (χ1n) is 9.87. The molecule has 0 saturated carbocycles. The van der Waals surface area contributed by atoms with E-state index in [1.54, 1.807) is 18.2 Å². The van der Waals surface area contributed by atoms with Gasteiger partial charge in [-0.25, -0.2) is 15.0 Å². The number of rotatable bonds is 6. The van der Waals surface area contributed by atoms with Crippen LogP contribution in [0.4, 0.5) is 5.69 Å². The highest BCUT2D eigenvalue weighted by atomic mass is 16.5. The van der Waals surface area contributed by atoms with Gasteiger partial charge in [0, 0.05) is 5.69 Å². The number of hydrogen-bond acceptors (Lipinski definition) is 8. The predicted molar refractivity (Wildman–Crippen MR) is 120 cm³/mol. The van der Waals surface area contributed by atoms with Gasteiger partial charge in [-0.2, -0.15) is 0 Å². The van der Waals surface area contributed by atoms with E-state index in [4.69, 9.17) is 10.5 Å². The number of anilines is 1. The zero-order chi connectivity index (χ0) is 23.1. The number of aliphatic imine (C=N–C) groups is 1. The van der Waals surface area contributed by atoms with Crippen molar-refractivity contribution >= 4 is 23.5 Å². The summed E-state index contributed by atoms with van der Waals surface area (Å²) in [6, 6.07) is 7.09. The molecule has 4 N–H and O–H groups in total. The van der Waals surface area contributed by atoms with E-state index in [1.165, 1.54) is 12.4 Å². The summed E-state index contributed by atoms with van der Waals surface area (Å²) >= 11 is 0. The Balaban J connectivity index is 1.64. The largest absolute Gasteiger partial charge is 0.463 e. The summed E-state index contributed by atoms with van der Waals surface area (Å²) in [5, 5.41) is 5.26. The lowest BCUT2D eigenvalue weighted by molar-refractivity contribution is -0.121. The van der Waals surface area contributed by atoms with E-state index in [1.807, 2.05) is 32.0 Å². The maximum Gasteiger partial charge on any atom is 0.275 e. The quantitative estimate of drug-likeness (QED) is 0.569. The lowest BCUT2D eigenvalue weighted by Gasteiger charge is -2.29. The Hall–Kier alpha value is -3.97. The molecule has 1 aliphatic heterocycles. The van der Waals surface area contributed by atoms with E-state index in [9.17, 15) is 9.59 Å². The van der Waals surface area contributed by atoms with Crippen molar-refractivity contribution in [1.82, 2.24) is 20.2 Å². The van der Waals surface area contributed by atoms with E-state index >= 15 is 0 Å². The molecule has 3 rings (SSSR count). The van der Waals surface area contributed by atoms with Crippen molar-refractivity contribution in [2.75, 3.05) is 32.6 Å². The number of hydrogen-bond donors (Lipinski definition) is 3. The number of benzene rings is 1. The summed E-state index contributed by atoms with van der Waals surface area (Å²) in [6.07, 6.45) is 2.86. The molecule has 10 nitrogen and oxygen atoms in total. The maximum atomic E-state index is 12.6. The van der Waals surface area contributed by atoms with Crippen LogP contribution in [0.3, 0.4) is 0 Å². The van der Waals surface area contributed by atoms with Crippen molar-refractivity contribution in [3.8, 4) is 17.7 Å². The summed E-state index contributed by atoms with van der Waals surface area (Å²) in [7, 11) is 3.86. The highest BCUT2D eigenvalue weighted by Crippen LogP contribution is 2.32. The lowest BCUT2D eigenvalue weighted by Crippen LogP contribution is -2.46. The summed E-state index contributed by atoms with van der Waals surface area (Å²) in [5.74, 6) is 5.53. The van der Waals surface area contributed by atoms with Crippen LogP contribution in [0.2, 0.25) is 0 Å². The SMILES string of the molecule is CN(C)CC#CCOc1cnc(C(=O)Nc2cccc(C3(C)CC(=O)NC(N)=N3)c2)cn1. The summed E-state index contributed by atoms with van der Waals surface area (Å²) < 4.78 is 5.40. The van der Waals surface area contributed by atoms with Crippen molar-refractivity contribution in [2.24, 2.45) is 10.7 Å². The van der Waals surface area contributed by atoms with Gasteiger partial charge >= 0.3 is 0 Å². The van der Waals surface area contributed by atoms with Gasteiger partial charge in [0.05, 0.1) is 30.9 Å². The molecule has 2 aromatic rings. The van der Waals surface area contributed by atoms with Gasteiger partial charge < -0.3 is 15.8 Å². The van der Waals surface area contributed by atoms with E-state index < -0.39 is 11.4 Å². The number of aromatic nitrogens is 2. The van der Waals surface area contributed by atoms with Crippen molar-refractivity contribution in [3.05, 3.63) is 47.9 Å². The smallest absolute Gasteiger partial charge is 0.275 e. The number of nitrogens with one attached hydrogen (secondary N) is 2. The molecular formula is C22H25N7O3. The van der Waals surface area contributed by atoms with E-state index in [0.717, 1.165) is 5.56 Å². The number of carbonyl (C=O) groups is 2. The molecule has 0 bridgehead atoms. The number of nitrogens with two attached hydrogens (primary N) is 1. The number of amides is 2. The van der Waals surface area contributed by atoms with Gasteiger partial charge in [-0.15, -0.1) is 0 Å². The predicted octanol–water partition coefficient (Wildman–Crippen LogP) is 0.723. The van der Waals surface area contributed by atoms with Crippen LogP contribution in [0.5, 0.6) is 5.88 Å². The summed E-state index contributed by atoms with van der Waals surface area (Å²) in [6.45, 7) is 2.64. The Morgan fingerprint density at radius 2 is 2.12 bits per heavy atom. The third-order valence-corrected chi connectivity index (χ3v) is 4.56. The minimum atomic E-state index is -0.818. The summed E-state index contributed by atoms with van der Waals surface area (Å²) in [5.41, 5.74) is 6.31. The second-order valence-electron chi connectivity index (χ2n) is 7.65. The summed E-state index contributed by atoms with van der Waals surface area (Å²) in [4.78, 5) is 39.0. The standard InChI is InChI=1S/C22H25N7O3/c1-22(12-18(30)27-21(23)28-22)15-7-6-8-16(11-15)26-20(31)17-13-25-19(14-24-17)32-10-5-4-9-29(2)3/h6-8,11,13-14H,9-10,12H2,1-3H3,(H,26,31)(H3,23,27,28,30). The lowest BCUT2D eigenvalue weighted by atomic mass is 9.87. The fourth-order valence-electron chi connectivity index (χ4n) is 3.01. The molecule has 32 heavy (non-hydrogen) atoms. The topological polar surface area (TPSA) is 135 Å². The van der Waals surface area contributed by atoms with Crippen LogP contribution in [0.25, 0.3) is 0 Å². The molecule has 1 aromatic heterocycles. The average Bonchev–Trinajstić information content (AvgIpc) is 2.73. The first kappa shape index (κ1) is 22.7. The molecule has 1 aromatic carbocycles. The molecule has 1 atom stereocenters. The van der Waals surface area contributed by atoms with Gasteiger partial charge in [0.2, 0.25) is 11.8 Å². The second kappa shape index (κ2) is 9.89. The Labute approximate surface area is 186 Å². The van der Waals surface area contributed by atoms with Crippen LogP contribution in [0.15, 0.2) is 41.7 Å². The molecule has 10 heteroatoms. The molecule has 166 valence electrons. The van der Waals surface area contributed by atoms with Crippen LogP contribution >= 0.6 is 0 Å². The van der Waals surface area contributed by atoms with Crippen molar-refractivity contribution in [2.45, 2.75) is 18.9 Å². The van der Waals surface area contributed by atoms with Gasteiger partial charge in [-0.05, 0) is 38.7 Å². The molecule has 1 unspecified atom stereocenters. The third kappa shape index (κ3) is 6.02. The van der Waals surface area contributed by atoms with Gasteiger partial charge in [-0.3, -0.25) is 19.8 Å². The van der Waals surface area contributed by atoms with E-state index in [-0.39, 0.29) is 36.5 Å². The second-order valence-corrected chi connectivity index (χ2v) is 7.65. The fraction of sp³-hybridized carbons (Fsp3) is 0.318. The molecule has 2 amide bonds. The van der Waals surface area contributed by atoms with Crippen LogP contribution in [-0.4, -0.2) is 59.9 Å². The minimum Gasteiger partial charge on any atom is -0.463 e. The van der Waals surface area contributed by atoms with Crippen molar-refractivity contribution in [3.63, 3.8) is 0 Å². The first-order valence-corrected chi connectivity index (χ1v) is 9.87. The molecule has 1 aliphatic rings. The van der Waals surface area contributed by atoms with Crippen LogP contribution in [-0.2, 0) is 10.3 Å². The monoisotopic (exact) mass is 435 g/mol. The van der Waals surface area contributed by atoms with Crippen LogP contribution < -0.4 is 21.1 Å². The zero-order valence-electron chi connectivity index (χ0n) is 18.2. The average molecular weight is 435 g/mol. The van der Waals surface area contributed by atoms with Gasteiger partial charge in [0.25, 0.3) is 5.91 Å². The first-order chi connectivity index (χ1) is 15.2. The molecular weight excluding hydrogens is 410 g/mol.